The van der Waals surface area contributed by atoms with Crippen molar-refractivity contribution >= 4 is 5.82 Å². The van der Waals surface area contributed by atoms with Gasteiger partial charge in [0.2, 0.25) is 5.88 Å². The van der Waals surface area contributed by atoms with Crippen molar-refractivity contribution in [1.82, 2.24) is 15.0 Å². The van der Waals surface area contributed by atoms with Gasteiger partial charge < -0.3 is 15.2 Å². The molecule has 0 fully saturated rings. The van der Waals surface area contributed by atoms with Gasteiger partial charge in [-0.2, -0.15) is 0 Å². The third-order valence-electron chi connectivity index (χ3n) is 2.97. The Hall–Kier alpha value is -2.21. The molecule has 0 bridgehead atoms. The monoisotopic (exact) mass is 258 g/mol. The number of rotatable bonds is 3. The predicted octanol–water partition coefficient (Wildman–Crippen LogP) is 0.878. The molecule has 0 saturated heterocycles. The molecule has 3 heterocycles. The molecule has 1 aliphatic heterocycles. The fourth-order valence-corrected chi connectivity index (χ4v) is 2.16. The van der Waals surface area contributed by atoms with E-state index in [0.717, 1.165) is 35.6 Å². The van der Waals surface area contributed by atoms with Crippen LogP contribution in [0.1, 0.15) is 5.56 Å². The molecule has 3 rings (SSSR count). The highest BCUT2D eigenvalue weighted by atomic mass is 16.5. The summed E-state index contributed by atoms with van der Waals surface area (Å²) >= 11 is 0. The van der Waals surface area contributed by atoms with Crippen LogP contribution in [-0.2, 0) is 6.42 Å². The Morgan fingerprint density at radius 1 is 1.32 bits per heavy atom. The van der Waals surface area contributed by atoms with Crippen molar-refractivity contribution in [3.63, 3.8) is 0 Å². The molecule has 0 atom stereocenters. The van der Waals surface area contributed by atoms with Crippen LogP contribution >= 0.6 is 0 Å². The molecular weight excluding hydrogens is 244 g/mol. The molecule has 0 amide bonds. The molecule has 1 aliphatic rings. The second-order valence-electron chi connectivity index (χ2n) is 4.15. The van der Waals surface area contributed by atoms with Crippen LogP contribution in [0.3, 0.4) is 0 Å². The van der Waals surface area contributed by atoms with Gasteiger partial charge in [-0.15, -0.1) is 0 Å². The summed E-state index contributed by atoms with van der Waals surface area (Å²) in [4.78, 5) is 12.8. The summed E-state index contributed by atoms with van der Waals surface area (Å²) in [5.74, 6) is 1.37. The zero-order valence-electron chi connectivity index (χ0n) is 10.3. The van der Waals surface area contributed by atoms with Gasteiger partial charge in [-0.05, 0) is 18.6 Å². The van der Waals surface area contributed by atoms with E-state index in [2.05, 4.69) is 20.3 Å². The van der Waals surface area contributed by atoms with Crippen LogP contribution in [0, 0.1) is 0 Å². The van der Waals surface area contributed by atoms with Gasteiger partial charge in [0.15, 0.2) is 0 Å². The van der Waals surface area contributed by atoms with Crippen molar-refractivity contribution in [3.8, 4) is 17.1 Å². The van der Waals surface area contributed by atoms with E-state index in [1.807, 2.05) is 12.1 Å². The third-order valence-corrected chi connectivity index (χ3v) is 2.97. The maximum Gasteiger partial charge on any atom is 0.220 e. The normalized spacial score (nSPS) is 12.9. The minimum absolute atomic E-state index is 0.0326. The molecular formula is C13H14N4O2. The highest BCUT2D eigenvalue weighted by Crippen LogP contribution is 2.33. The zero-order chi connectivity index (χ0) is 13.1. The highest BCUT2D eigenvalue weighted by molar-refractivity contribution is 5.76. The molecule has 0 aromatic carbocycles. The number of nitrogens with zero attached hydrogens (tertiary/aromatic N) is 3. The van der Waals surface area contributed by atoms with E-state index >= 15 is 0 Å². The molecule has 6 nitrogen and oxygen atoms in total. The molecule has 6 heteroatoms. The number of aliphatic hydroxyl groups excluding tert-OH is 1. The fraction of sp³-hybridized carbons (Fsp3) is 0.308. The van der Waals surface area contributed by atoms with E-state index < -0.39 is 0 Å². The van der Waals surface area contributed by atoms with Crippen LogP contribution in [0.2, 0.25) is 0 Å². The number of pyridine rings is 1. The van der Waals surface area contributed by atoms with Crippen molar-refractivity contribution in [1.29, 1.82) is 0 Å². The molecule has 2 aromatic heterocycles. The summed E-state index contributed by atoms with van der Waals surface area (Å²) in [6.07, 6.45) is 3.99. The Morgan fingerprint density at radius 3 is 3.16 bits per heavy atom. The second kappa shape index (κ2) is 5.19. The van der Waals surface area contributed by atoms with E-state index in [1.165, 1.54) is 6.33 Å². The van der Waals surface area contributed by atoms with Gasteiger partial charge >= 0.3 is 0 Å². The first kappa shape index (κ1) is 11.9. The molecule has 19 heavy (non-hydrogen) atoms. The van der Waals surface area contributed by atoms with Crippen LogP contribution in [0.5, 0.6) is 5.88 Å². The number of hydrogen-bond acceptors (Lipinski definition) is 6. The predicted molar refractivity (Wildman–Crippen MR) is 70.0 cm³/mol. The van der Waals surface area contributed by atoms with Crippen molar-refractivity contribution < 1.29 is 9.84 Å². The van der Waals surface area contributed by atoms with Gasteiger partial charge in [0.25, 0.3) is 0 Å². The number of nitrogens with one attached hydrogen (secondary N) is 1. The average molecular weight is 258 g/mol. The van der Waals surface area contributed by atoms with Crippen LogP contribution in [0.15, 0.2) is 24.7 Å². The van der Waals surface area contributed by atoms with Gasteiger partial charge in [-0.1, -0.05) is 0 Å². The highest BCUT2D eigenvalue weighted by Gasteiger charge is 2.20. The number of hydrogen-bond donors (Lipinski definition) is 2. The standard InChI is InChI=1S/C13H14N4O2/c18-6-7-19-13-10-3-5-15-12-9(2-1-4-14-12)11(10)16-8-17-13/h1-2,4,8,18H,3,5-7H2,(H,14,15). The minimum atomic E-state index is -0.0326. The zero-order valence-corrected chi connectivity index (χ0v) is 10.3. The van der Waals surface area contributed by atoms with E-state index in [9.17, 15) is 0 Å². The Balaban J connectivity index is 2.09. The van der Waals surface area contributed by atoms with Crippen LogP contribution in [0.4, 0.5) is 5.82 Å². The lowest BCUT2D eigenvalue weighted by Gasteiger charge is -2.11. The maximum absolute atomic E-state index is 8.85. The first-order valence-electron chi connectivity index (χ1n) is 6.17. The number of ether oxygens (including phenoxy) is 1. The summed E-state index contributed by atoms with van der Waals surface area (Å²) in [5.41, 5.74) is 2.75. The van der Waals surface area contributed by atoms with Gasteiger partial charge in [-0.3, -0.25) is 0 Å². The molecule has 98 valence electrons. The van der Waals surface area contributed by atoms with Gasteiger partial charge in [-0.25, -0.2) is 15.0 Å². The van der Waals surface area contributed by atoms with Crippen molar-refractivity contribution in [2.45, 2.75) is 6.42 Å². The lowest BCUT2D eigenvalue weighted by Crippen LogP contribution is -2.08. The van der Waals surface area contributed by atoms with Gasteiger partial charge in [0.05, 0.1) is 12.3 Å². The van der Waals surface area contributed by atoms with Gasteiger partial charge in [0, 0.05) is 23.9 Å². The summed E-state index contributed by atoms with van der Waals surface area (Å²) in [6, 6.07) is 3.86. The van der Waals surface area contributed by atoms with E-state index in [0.29, 0.717) is 5.88 Å². The summed E-state index contributed by atoms with van der Waals surface area (Å²) in [7, 11) is 0. The van der Waals surface area contributed by atoms with E-state index in [1.54, 1.807) is 6.20 Å². The van der Waals surface area contributed by atoms with Crippen molar-refractivity contribution in [3.05, 3.63) is 30.2 Å². The maximum atomic E-state index is 8.85. The summed E-state index contributed by atoms with van der Waals surface area (Å²) in [5, 5.41) is 12.1. The summed E-state index contributed by atoms with van der Waals surface area (Å²) in [6.45, 7) is 0.950. The average Bonchev–Trinajstić information content (AvgIpc) is 2.65. The molecule has 0 unspecified atom stereocenters. The molecule has 0 spiro atoms. The largest absolute Gasteiger partial charge is 0.475 e. The number of aromatic nitrogens is 3. The number of anilines is 1. The first-order valence-corrected chi connectivity index (χ1v) is 6.17. The third kappa shape index (κ3) is 2.22. The minimum Gasteiger partial charge on any atom is -0.475 e. The topological polar surface area (TPSA) is 80.2 Å². The summed E-state index contributed by atoms with van der Waals surface area (Å²) < 4.78 is 5.47. The smallest absolute Gasteiger partial charge is 0.220 e. The molecule has 0 saturated carbocycles. The quantitative estimate of drug-likeness (QED) is 0.850. The van der Waals surface area contributed by atoms with Crippen LogP contribution in [-0.4, -0.2) is 39.8 Å². The van der Waals surface area contributed by atoms with Crippen molar-refractivity contribution in [2.75, 3.05) is 25.1 Å². The number of aliphatic hydroxyl groups is 1. The molecule has 2 aromatic rings. The Labute approximate surface area is 110 Å². The number of fused-ring (bicyclic) bond motifs is 3. The fourth-order valence-electron chi connectivity index (χ4n) is 2.16. The van der Waals surface area contributed by atoms with E-state index in [-0.39, 0.29) is 13.2 Å². The van der Waals surface area contributed by atoms with Crippen LogP contribution in [0.25, 0.3) is 11.3 Å². The Bertz CT molecular complexity index is 589. The van der Waals surface area contributed by atoms with E-state index in [4.69, 9.17) is 9.84 Å². The first-order chi connectivity index (χ1) is 9.40. The Kier molecular flexibility index (Phi) is 3.24. The SMILES string of the molecule is OCCOc1ncnc2c1CCNc1ncccc1-2. The molecule has 2 N–H and O–H groups in total. The molecule has 0 aliphatic carbocycles. The van der Waals surface area contributed by atoms with Gasteiger partial charge in [0.1, 0.15) is 18.8 Å². The lowest BCUT2D eigenvalue weighted by molar-refractivity contribution is 0.195. The Morgan fingerprint density at radius 2 is 2.26 bits per heavy atom. The lowest BCUT2D eigenvalue weighted by atomic mass is 10.1. The second-order valence-corrected chi connectivity index (χ2v) is 4.15. The van der Waals surface area contributed by atoms with Crippen LogP contribution < -0.4 is 10.1 Å². The molecule has 0 radical (unpaired) electrons. The van der Waals surface area contributed by atoms with Crippen molar-refractivity contribution in [2.24, 2.45) is 0 Å².